The summed E-state index contributed by atoms with van der Waals surface area (Å²) in [6.45, 7) is 4.96. The minimum absolute atomic E-state index is 0.216. The van der Waals surface area contributed by atoms with Crippen molar-refractivity contribution in [1.29, 1.82) is 0 Å². The smallest absolute Gasteiger partial charge is 0.357 e. The van der Waals surface area contributed by atoms with Gasteiger partial charge in [-0.25, -0.2) is 4.98 Å². The van der Waals surface area contributed by atoms with Gasteiger partial charge in [0.25, 0.3) is 0 Å². The molecule has 2 rings (SSSR count). The molecule has 0 aromatic carbocycles. The van der Waals surface area contributed by atoms with E-state index in [1.54, 1.807) is 0 Å². The van der Waals surface area contributed by atoms with E-state index >= 15 is 0 Å². The van der Waals surface area contributed by atoms with E-state index in [2.05, 4.69) is 20.6 Å². The van der Waals surface area contributed by atoms with Crippen molar-refractivity contribution in [2.24, 2.45) is 4.99 Å². The van der Waals surface area contributed by atoms with Crippen LogP contribution >= 0.6 is 11.3 Å². The highest BCUT2D eigenvalue weighted by molar-refractivity contribution is 7.85. The summed E-state index contributed by atoms with van der Waals surface area (Å²) in [7, 11) is -0.787. The predicted molar refractivity (Wildman–Crippen MR) is 105 cm³/mol. The molecule has 0 bridgehead atoms. The van der Waals surface area contributed by atoms with Gasteiger partial charge in [-0.3, -0.25) is 9.20 Å². The zero-order valence-corrected chi connectivity index (χ0v) is 17.3. The summed E-state index contributed by atoms with van der Waals surface area (Å²) in [5, 5.41) is 8.25. The summed E-state index contributed by atoms with van der Waals surface area (Å²) in [6.07, 6.45) is -0.144. The molecule has 1 aromatic heterocycles. The molecule has 2 N–H and O–H groups in total. The number of alkyl halides is 3. The summed E-state index contributed by atoms with van der Waals surface area (Å²) < 4.78 is 49.9. The molecule has 0 saturated heterocycles. The van der Waals surface area contributed by atoms with Crippen LogP contribution < -0.4 is 10.6 Å². The van der Waals surface area contributed by atoms with Gasteiger partial charge in [0.05, 0.1) is 5.01 Å². The SMILES string of the molecule is CCNC(=NCCc1nc(C(F)(F)F)cs1)NC1CCCC(S(=O)CC)C1. The largest absolute Gasteiger partial charge is 0.434 e. The van der Waals surface area contributed by atoms with Crippen molar-refractivity contribution in [3.8, 4) is 0 Å². The minimum atomic E-state index is -4.40. The number of aliphatic imine (C=N–C) groups is 1. The van der Waals surface area contributed by atoms with Gasteiger partial charge in [0.15, 0.2) is 11.7 Å². The molecule has 154 valence electrons. The molecule has 0 amide bonds. The second-order valence-electron chi connectivity index (χ2n) is 6.43. The monoisotopic (exact) mass is 424 g/mol. The van der Waals surface area contributed by atoms with Crippen LogP contribution in [0.2, 0.25) is 0 Å². The molecule has 1 aliphatic carbocycles. The van der Waals surface area contributed by atoms with E-state index in [4.69, 9.17) is 0 Å². The van der Waals surface area contributed by atoms with E-state index in [0.717, 1.165) is 42.4 Å². The molecule has 1 saturated carbocycles. The van der Waals surface area contributed by atoms with Crippen LogP contribution in [0.15, 0.2) is 10.4 Å². The summed E-state index contributed by atoms with van der Waals surface area (Å²) in [6, 6.07) is 0.216. The Morgan fingerprint density at radius 3 is 2.81 bits per heavy atom. The third-order valence-corrected chi connectivity index (χ3v) is 7.05. The zero-order valence-electron chi connectivity index (χ0n) is 15.6. The van der Waals surface area contributed by atoms with Crippen molar-refractivity contribution in [1.82, 2.24) is 15.6 Å². The van der Waals surface area contributed by atoms with E-state index < -0.39 is 22.7 Å². The van der Waals surface area contributed by atoms with E-state index in [1.165, 1.54) is 0 Å². The first-order chi connectivity index (χ1) is 12.8. The Balaban J connectivity index is 1.90. The Kier molecular flexibility index (Phi) is 8.53. The molecule has 0 spiro atoms. The summed E-state index contributed by atoms with van der Waals surface area (Å²) in [5.41, 5.74) is -0.839. The topological polar surface area (TPSA) is 66.4 Å². The minimum Gasteiger partial charge on any atom is -0.357 e. The molecular formula is C17H27F3N4OS2. The Morgan fingerprint density at radius 2 is 2.19 bits per heavy atom. The number of halogens is 3. The molecular weight excluding hydrogens is 397 g/mol. The normalized spacial score (nSPS) is 22.5. The second-order valence-corrected chi connectivity index (χ2v) is 9.38. The highest BCUT2D eigenvalue weighted by Gasteiger charge is 2.33. The maximum atomic E-state index is 12.6. The fraction of sp³-hybridized carbons (Fsp3) is 0.765. The summed E-state index contributed by atoms with van der Waals surface area (Å²) >= 11 is 1.01. The van der Waals surface area contributed by atoms with Crippen LogP contribution in [0.5, 0.6) is 0 Å². The predicted octanol–water partition coefficient (Wildman–Crippen LogP) is 3.34. The van der Waals surface area contributed by atoms with Crippen LogP contribution in [-0.2, 0) is 23.4 Å². The van der Waals surface area contributed by atoms with Crippen LogP contribution in [0, 0.1) is 0 Å². The van der Waals surface area contributed by atoms with Crippen molar-refractivity contribution < 1.29 is 17.4 Å². The first kappa shape index (κ1) is 22.1. The lowest BCUT2D eigenvalue weighted by Gasteiger charge is -2.30. The Morgan fingerprint density at radius 1 is 1.41 bits per heavy atom. The maximum absolute atomic E-state index is 12.6. The molecule has 0 aliphatic heterocycles. The fourth-order valence-corrected chi connectivity index (χ4v) is 5.23. The number of guanidine groups is 1. The molecule has 3 unspecified atom stereocenters. The lowest BCUT2D eigenvalue weighted by atomic mass is 9.95. The first-order valence-corrected chi connectivity index (χ1v) is 11.5. The lowest BCUT2D eigenvalue weighted by Crippen LogP contribution is -2.46. The second kappa shape index (κ2) is 10.4. The Bertz CT molecular complexity index is 648. The van der Waals surface area contributed by atoms with Gasteiger partial charge in [-0.2, -0.15) is 13.2 Å². The van der Waals surface area contributed by atoms with E-state index in [-0.39, 0.29) is 11.3 Å². The van der Waals surface area contributed by atoms with Crippen LogP contribution in [0.4, 0.5) is 13.2 Å². The number of hydrogen-bond donors (Lipinski definition) is 2. The highest BCUT2D eigenvalue weighted by Crippen LogP contribution is 2.30. The number of hydrogen-bond acceptors (Lipinski definition) is 4. The fourth-order valence-electron chi connectivity index (χ4n) is 3.08. The van der Waals surface area contributed by atoms with E-state index in [1.807, 2.05) is 13.8 Å². The van der Waals surface area contributed by atoms with E-state index in [9.17, 15) is 17.4 Å². The molecule has 3 atom stereocenters. The average Bonchev–Trinajstić information content (AvgIpc) is 3.11. The molecule has 5 nitrogen and oxygen atoms in total. The van der Waals surface area contributed by atoms with Gasteiger partial charge in [0.1, 0.15) is 0 Å². The number of thiazole rings is 1. The number of aromatic nitrogens is 1. The van der Waals surface area contributed by atoms with Crippen LogP contribution in [-0.4, -0.2) is 45.3 Å². The van der Waals surface area contributed by atoms with Crippen molar-refractivity contribution in [3.63, 3.8) is 0 Å². The number of nitrogens with zero attached hydrogens (tertiary/aromatic N) is 2. The molecule has 1 aromatic rings. The molecule has 0 radical (unpaired) electrons. The van der Waals surface area contributed by atoms with Gasteiger partial charge in [0, 0.05) is 52.7 Å². The van der Waals surface area contributed by atoms with Gasteiger partial charge in [-0.1, -0.05) is 13.3 Å². The standard InChI is InChI=1S/C17H27F3N4OS2/c1-3-21-16(23-12-6-5-7-13(10-12)27(25)4-2)22-9-8-15-24-14(11-26-15)17(18,19)20/h11-13H,3-10H2,1-2H3,(H2,21,22,23). The van der Waals surface area contributed by atoms with Gasteiger partial charge in [-0.15, -0.1) is 11.3 Å². The van der Waals surface area contributed by atoms with Crippen molar-refractivity contribution >= 4 is 28.1 Å². The third-order valence-electron chi connectivity index (χ3n) is 4.41. The van der Waals surface area contributed by atoms with Crippen LogP contribution in [0.25, 0.3) is 0 Å². The highest BCUT2D eigenvalue weighted by atomic mass is 32.2. The van der Waals surface area contributed by atoms with Crippen molar-refractivity contribution in [2.75, 3.05) is 18.8 Å². The first-order valence-electron chi connectivity index (χ1n) is 9.27. The van der Waals surface area contributed by atoms with Crippen molar-refractivity contribution in [3.05, 3.63) is 16.1 Å². The third kappa shape index (κ3) is 7.06. The molecule has 1 aliphatic rings. The Hall–Kier alpha value is -1.16. The maximum Gasteiger partial charge on any atom is 0.434 e. The van der Waals surface area contributed by atoms with E-state index in [0.29, 0.717) is 36.2 Å². The lowest BCUT2D eigenvalue weighted by molar-refractivity contribution is -0.140. The van der Waals surface area contributed by atoms with Gasteiger partial charge in [0.2, 0.25) is 0 Å². The quantitative estimate of drug-likeness (QED) is 0.520. The molecule has 1 heterocycles. The van der Waals surface area contributed by atoms with Gasteiger partial charge >= 0.3 is 6.18 Å². The molecule has 1 fully saturated rings. The molecule has 10 heteroatoms. The van der Waals surface area contributed by atoms with Gasteiger partial charge in [-0.05, 0) is 26.2 Å². The molecule has 27 heavy (non-hydrogen) atoms. The van der Waals surface area contributed by atoms with Crippen LogP contribution in [0.1, 0.15) is 50.2 Å². The number of rotatable bonds is 7. The van der Waals surface area contributed by atoms with Gasteiger partial charge < -0.3 is 10.6 Å². The zero-order chi connectivity index (χ0) is 19.9. The summed E-state index contributed by atoms with van der Waals surface area (Å²) in [4.78, 5) is 8.10. The number of nitrogens with one attached hydrogen (secondary N) is 2. The Labute approximate surface area is 164 Å². The van der Waals surface area contributed by atoms with Crippen LogP contribution in [0.3, 0.4) is 0 Å². The van der Waals surface area contributed by atoms with Crippen molar-refractivity contribution in [2.45, 2.75) is 63.4 Å². The average molecular weight is 425 g/mol. The summed E-state index contributed by atoms with van der Waals surface area (Å²) in [5.74, 6) is 1.33.